The molecule has 0 aliphatic carbocycles. The Morgan fingerprint density at radius 3 is 2.79 bits per heavy atom. The fourth-order valence-electron chi connectivity index (χ4n) is 1.53. The second-order valence-electron chi connectivity index (χ2n) is 3.74. The van der Waals surface area contributed by atoms with Crippen LogP contribution in [0.2, 0.25) is 0 Å². The van der Waals surface area contributed by atoms with Crippen molar-refractivity contribution in [1.29, 1.82) is 0 Å². The number of rotatable bonds is 4. The van der Waals surface area contributed by atoms with Crippen LogP contribution in [0, 0.1) is 0 Å². The standard InChI is InChI=1S/C13H13N3O2S/c1-18-10-4-2-3-5-11(10)19-13-9(12(15)17)6-8(14)7-16-13/h2-7H,14H2,1H3,(H2,15,17). The van der Waals surface area contributed by atoms with Crippen molar-refractivity contribution in [3.63, 3.8) is 0 Å². The van der Waals surface area contributed by atoms with E-state index in [1.807, 2.05) is 24.3 Å². The molecule has 0 aliphatic heterocycles. The van der Waals surface area contributed by atoms with Crippen molar-refractivity contribution in [2.45, 2.75) is 9.92 Å². The van der Waals surface area contributed by atoms with E-state index < -0.39 is 5.91 Å². The van der Waals surface area contributed by atoms with Gasteiger partial charge in [0, 0.05) is 0 Å². The van der Waals surface area contributed by atoms with Gasteiger partial charge in [-0.25, -0.2) is 4.98 Å². The van der Waals surface area contributed by atoms with Gasteiger partial charge in [0.15, 0.2) is 0 Å². The number of nitrogens with zero attached hydrogens (tertiary/aromatic N) is 1. The summed E-state index contributed by atoms with van der Waals surface area (Å²) in [7, 11) is 1.59. The Labute approximate surface area is 115 Å². The van der Waals surface area contributed by atoms with E-state index >= 15 is 0 Å². The third-order valence-corrected chi connectivity index (χ3v) is 3.49. The van der Waals surface area contributed by atoms with Crippen LogP contribution < -0.4 is 16.2 Å². The summed E-state index contributed by atoms with van der Waals surface area (Å²) in [6.45, 7) is 0. The normalized spacial score (nSPS) is 10.2. The summed E-state index contributed by atoms with van der Waals surface area (Å²) in [4.78, 5) is 16.4. The lowest BCUT2D eigenvalue weighted by Crippen LogP contribution is -2.13. The summed E-state index contributed by atoms with van der Waals surface area (Å²) in [6, 6.07) is 8.99. The van der Waals surface area contributed by atoms with Crippen molar-refractivity contribution in [1.82, 2.24) is 4.98 Å². The quantitative estimate of drug-likeness (QED) is 0.889. The molecule has 0 bridgehead atoms. The molecular formula is C13H13N3O2S. The number of anilines is 1. The zero-order chi connectivity index (χ0) is 13.8. The smallest absolute Gasteiger partial charge is 0.251 e. The second kappa shape index (κ2) is 5.62. The van der Waals surface area contributed by atoms with Gasteiger partial charge in [0.1, 0.15) is 10.8 Å². The van der Waals surface area contributed by atoms with Gasteiger partial charge in [-0.15, -0.1) is 0 Å². The van der Waals surface area contributed by atoms with Gasteiger partial charge < -0.3 is 16.2 Å². The average Bonchev–Trinajstić information content (AvgIpc) is 2.41. The summed E-state index contributed by atoms with van der Waals surface area (Å²) in [5.74, 6) is 0.152. The number of ether oxygens (including phenoxy) is 1. The first-order valence-corrected chi connectivity index (χ1v) is 6.29. The van der Waals surface area contributed by atoms with Crippen LogP contribution in [0.3, 0.4) is 0 Å². The Hall–Kier alpha value is -2.21. The van der Waals surface area contributed by atoms with Crippen molar-refractivity contribution in [2.24, 2.45) is 5.73 Å². The van der Waals surface area contributed by atoms with Gasteiger partial charge in [0.25, 0.3) is 5.91 Å². The third-order valence-electron chi connectivity index (χ3n) is 2.41. The lowest BCUT2D eigenvalue weighted by Gasteiger charge is -2.09. The maximum absolute atomic E-state index is 11.4. The Bertz CT molecular complexity index is 617. The van der Waals surface area contributed by atoms with Crippen molar-refractivity contribution in [3.05, 3.63) is 42.1 Å². The van der Waals surface area contributed by atoms with Crippen LogP contribution in [0.4, 0.5) is 5.69 Å². The number of nitrogens with two attached hydrogens (primary N) is 2. The van der Waals surface area contributed by atoms with Crippen LogP contribution in [0.1, 0.15) is 10.4 Å². The number of benzene rings is 1. The highest BCUT2D eigenvalue weighted by molar-refractivity contribution is 7.99. The van der Waals surface area contributed by atoms with E-state index in [0.29, 0.717) is 22.0 Å². The molecule has 2 rings (SSSR count). The summed E-state index contributed by atoms with van der Waals surface area (Å²) in [6.07, 6.45) is 1.49. The first-order valence-electron chi connectivity index (χ1n) is 5.48. The van der Waals surface area contributed by atoms with Crippen molar-refractivity contribution in [3.8, 4) is 5.75 Å². The number of amides is 1. The topological polar surface area (TPSA) is 91.2 Å². The molecule has 1 aromatic heterocycles. The highest BCUT2D eigenvalue weighted by atomic mass is 32.2. The molecule has 0 fully saturated rings. The van der Waals surface area contributed by atoms with Gasteiger partial charge in [0.05, 0.1) is 29.5 Å². The lowest BCUT2D eigenvalue weighted by molar-refractivity contribution is 0.0997. The molecule has 4 N–H and O–H groups in total. The van der Waals surface area contributed by atoms with Gasteiger partial charge in [-0.2, -0.15) is 0 Å². The van der Waals surface area contributed by atoms with E-state index in [1.54, 1.807) is 7.11 Å². The van der Waals surface area contributed by atoms with Gasteiger partial charge in [0.2, 0.25) is 0 Å². The zero-order valence-electron chi connectivity index (χ0n) is 10.3. The number of aromatic nitrogens is 1. The Balaban J connectivity index is 2.41. The molecule has 0 unspecified atom stereocenters. The number of nitrogen functional groups attached to an aromatic ring is 1. The summed E-state index contributed by atoms with van der Waals surface area (Å²) >= 11 is 1.31. The molecule has 98 valence electrons. The van der Waals surface area contributed by atoms with Gasteiger partial charge in [-0.05, 0) is 18.2 Å². The van der Waals surface area contributed by atoms with Crippen molar-refractivity contribution >= 4 is 23.4 Å². The number of primary amides is 1. The van der Waals surface area contributed by atoms with Crippen molar-refractivity contribution in [2.75, 3.05) is 12.8 Å². The van der Waals surface area contributed by atoms with Crippen LogP contribution >= 0.6 is 11.8 Å². The number of carbonyl (C=O) groups excluding carboxylic acids is 1. The zero-order valence-corrected chi connectivity index (χ0v) is 11.1. The summed E-state index contributed by atoms with van der Waals surface area (Å²) < 4.78 is 5.25. The van der Waals surface area contributed by atoms with Crippen LogP contribution in [0.15, 0.2) is 46.5 Å². The fraction of sp³-hybridized carbons (Fsp3) is 0.0769. The maximum atomic E-state index is 11.4. The molecule has 0 radical (unpaired) electrons. The number of pyridine rings is 1. The first kappa shape index (κ1) is 13.2. The molecule has 0 aliphatic rings. The number of hydrogen-bond acceptors (Lipinski definition) is 5. The van der Waals surface area contributed by atoms with Gasteiger partial charge >= 0.3 is 0 Å². The van der Waals surface area contributed by atoms with E-state index in [0.717, 1.165) is 4.90 Å². The third kappa shape index (κ3) is 2.97. The largest absolute Gasteiger partial charge is 0.496 e. The van der Waals surface area contributed by atoms with E-state index in [9.17, 15) is 4.79 Å². The highest BCUT2D eigenvalue weighted by Crippen LogP contribution is 2.35. The number of carbonyl (C=O) groups is 1. The van der Waals surface area contributed by atoms with Crippen LogP contribution in [-0.4, -0.2) is 18.0 Å². The number of methoxy groups -OCH3 is 1. The van der Waals surface area contributed by atoms with Crippen LogP contribution in [0.25, 0.3) is 0 Å². The van der Waals surface area contributed by atoms with Crippen molar-refractivity contribution < 1.29 is 9.53 Å². The molecule has 2 aromatic rings. The summed E-state index contributed by atoms with van der Waals surface area (Å²) in [5.41, 5.74) is 11.6. The molecule has 0 atom stereocenters. The van der Waals surface area contributed by atoms with E-state index in [2.05, 4.69) is 4.98 Å². The number of para-hydroxylation sites is 1. The minimum absolute atomic E-state index is 0.302. The summed E-state index contributed by atoms with van der Waals surface area (Å²) in [5, 5.41) is 0.506. The molecule has 1 aromatic carbocycles. The van der Waals surface area contributed by atoms with E-state index in [4.69, 9.17) is 16.2 Å². The molecular weight excluding hydrogens is 262 g/mol. The van der Waals surface area contributed by atoms with E-state index in [1.165, 1.54) is 24.0 Å². The number of hydrogen-bond donors (Lipinski definition) is 2. The fourth-order valence-corrected chi connectivity index (χ4v) is 2.52. The van der Waals surface area contributed by atoms with Crippen LogP contribution in [-0.2, 0) is 0 Å². The molecule has 5 nitrogen and oxygen atoms in total. The van der Waals surface area contributed by atoms with Gasteiger partial charge in [-0.3, -0.25) is 4.79 Å². The maximum Gasteiger partial charge on any atom is 0.251 e. The molecule has 0 saturated heterocycles. The lowest BCUT2D eigenvalue weighted by atomic mass is 10.2. The average molecular weight is 275 g/mol. The Morgan fingerprint density at radius 2 is 2.11 bits per heavy atom. The predicted octanol–water partition coefficient (Wildman–Crippen LogP) is 1.92. The van der Waals surface area contributed by atoms with Crippen LogP contribution in [0.5, 0.6) is 5.75 Å². The molecule has 19 heavy (non-hydrogen) atoms. The highest BCUT2D eigenvalue weighted by Gasteiger charge is 2.13. The molecule has 1 heterocycles. The molecule has 6 heteroatoms. The molecule has 1 amide bonds. The molecule has 0 spiro atoms. The molecule has 0 saturated carbocycles. The SMILES string of the molecule is COc1ccccc1Sc1ncc(N)cc1C(N)=O. The Kier molecular flexibility index (Phi) is 3.91. The predicted molar refractivity (Wildman–Crippen MR) is 74.3 cm³/mol. The second-order valence-corrected chi connectivity index (χ2v) is 4.77. The minimum atomic E-state index is -0.558. The van der Waals surface area contributed by atoms with E-state index in [-0.39, 0.29) is 0 Å². The first-order chi connectivity index (χ1) is 9.11. The Morgan fingerprint density at radius 1 is 1.37 bits per heavy atom. The van der Waals surface area contributed by atoms with Gasteiger partial charge in [-0.1, -0.05) is 23.9 Å². The minimum Gasteiger partial charge on any atom is -0.496 e. The monoisotopic (exact) mass is 275 g/mol.